The molecule has 1 atom stereocenters. The molecule has 1 amide bonds. The van der Waals surface area contributed by atoms with E-state index in [1.807, 2.05) is 49.4 Å². The van der Waals surface area contributed by atoms with Crippen molar-refractivity contribution < 1.29 is 9.59 Å². The van der Waals surface area contributed by atoms with E-state index in [-0.39, 0.29) is 0 Å². The van der Waals surface area contributed by atoms with E-state index in [0.29, 0.717) is 22.0 Å². The monoisotopic (exact) mass is 393 g/mol. The van der Waals surface area contributed by atoms with Crippen LogP contribution in [0.25, 0.3) is 10.6 Å². The van der Waals surface area contributed by atoms with Gasteiger partial charge in [-0.2, -0.15) is 0 Å². The summed E-state index contributed by atoms with van der Waals surface area (Å²) in [6, 6.07) is 15.0. The number of nitrogens with zero attached hydrogens (tertiary/aromatic N) is 2. The molecule has 0 aliphatic rings. The largest absolute Gasteiger partial charge is 0.369 e. The number of hydrogen-bond donors (Lipinski definition) is 1. The molecule has 144 valence electrons. The highest BCUT2D eigenvalue weighted by Gasteiger charge is 2.43. The van der Waals surface area contributed by atoms with Gasteiger partial charge in [-0.3, -0.25) is 9.59 Å². The first-order valence-electron chi connectivity index (χ1n) is 9.28. The molecule has 0 aliphatic carbocycles. The van der Waals surface area contributed by atoms with Crippen LogP contribution in [0.15, 0.2) is 48.5 Å². The van der Waals surface area contributed by atoms with Gasteiger partial charge in [0.1, 0.15) is 21.7 Å². The lowest BCUT2D eigenvalue weighted by Crippen LogP contribution is -2.42. The molecule has 2 aromatic carbocycles. The second kappa shape index (κ2) is 8.44. The molecule has 0 bridgehead atoms. The van der Waals surface area contributed by atoms with Crippen molar-refractivity contribution in [3.05, 3.63) is 70.2 Å². The average molecular weight is 394 g/mol. The molecule has 5 nitrogen and oxygen atoms in total. The van der Waals surface area contributed by atoms with Crippen LogP contribution in [0, 0.1) is 6.92 Å². The van der Waals surface area contributed by atoms with Crippen LogP contribution < -0.4 is 5.73 Å². The number of carbonyl (C=O) groups is 2. The van der Waals surface area contributed by atoms with Gasteiger partial charge >= 0.3 is 0 Å². The average Bonchev–Trinajstić information content (AvgIpc) is 3.19. The zero-order valence-electron chi connectivity index (χ0n) is 16.0. The van der Waals surface area contributed by atoms with Gasteiger partial charge < -0.3 is 5.73 Å². The number of aryl methyl sites for hydroxylation is 1. The lowest BCUT2D eigenvalue weighted by molar-refractivity contribution is -0.122. The summed E-state index contributed by atoms with van der Waals surface area (Å²) in [5.74, 6) is -0.414. The summed E-state index contributed by atoms with van der Waals surface area (Å²) in [6.07, 6.45) is 3.20. The van der Waals surface area contributed by atoms with Crippen molar-refractivity contribution in [1.29, 1.82) is 0 Å². The maximum Gasteiger partial charge on any atom is 0.235 e. The maximum absolute atomic E-state index is 12.7. The quantitative estimate of drug-likeness (QED) is 0.579. The predicted molar refractivity (Wildman–Crippen MR) is 111 cm³/mol. The second-order valence-electron chi connectivity index (χ2n) is 6.84. The van der Waals surface area contributed by atoms with Gasteiger partial charge in [0.05, 0.1) is 0 Å². The van der Waals surface area contributed by atoms with Crippen LogP contribution in [-0.2, 0) is 10.2 Å². The molecule has 0 radical (unpaired) electrons. The molecule has 6 heteroatoms. The van der Waals surface area contributed by atoms with Crippen LogP contribution in [0.4, 0.5) is 0 Å². The summed E-state index contributed by atoms with van der Waals surface area (Å²) >= 11 is 1.38. The Morgan fingerprint density at radius 3 is 2.54 bits per heavy atom. The van der Waals surface area contributed by atoms with Gasteiger partial charge in [0.15, 0.2) is 0 Å². The van der Waals surface area contributed by atoms with Crippen molar-refractivity contribution in [2.24, 2.45) is 5.73 Å². The summed E-state index contributed by atoms with van der Waals surface area (Å²) in [5.41, 5.74) is 8.25. The normalized spacial score (nSPS) is 13.1. The molecule has 3 aromatic rings. The van der Waals surface area contributed by atoms with Crippen LogP contribution >= 0.6 is 11.3 Å². The number of amides is 1. The Hall–Kier alpha value is -2.86. The van der Waals surface area contributed by atoms with E-state index in [0.717, 1.165) is 35.8 Å². The Balaban J connectivity index is 2.12. The van der Waals surface area contributed by atoms with Crippen molar-refractivity contribution in [1.82, 2.24) is 10.2 Å². The predicted octanol–water partition coefficient (Wildman–Crippen LogP) is 4.29. The number of aromatic nitrogens is 2. The van der Waals surface area contributed by atoms with Crippen LogP contribution in [0.5, 0.6) is 0 Å². The van der Waals surface area contributed by atoms with Crippen molar-refractivity contribution in [3.63, 3.8) is 0 Å². The van der Waals surface area contributed by atoms with Gasteiger partial charge in [0.25, 0.3) is 0 Å². The molecular formula is C22H23N3O2S. The summed E-state index contributed by atoms with van der Waals surface area (Å²) in [5, 5.41) is 10.1. The molecule has 0 spiro atoms. The smallest absolute Gasteiger partial charge is 0.235 e. The molecule has 3 rings (SSSR count). The maximum atomic E-state index is 12.7. The lowest BCUT2D eigenvalue weighted by atomic mass is 9.76. The molecule has 0 fully saturated rings. The van der Waals surface area contributed by atoms with Crippen molar-refractivity contribution in [2.45, 2.75) is 38.5 Å². The zero-order valence-corrected chi connectivity index (χ0v) is 16.8. The van der Waals surface area contributed by atoms with Crippen molar-refractivity contribution in [3.8, 4) is 10.6 Å². The first-order valence-corrected chi connectivity index (χ1v) is 10.1. The highest BCUT2D eigenvalue weighted by atomic mass is 32.1. The van der Waals surface area contributed by atoms with Gasteiger partial charge in [-0.1, -0.05) is 73.6 Å². The number of benzene rings is 2. The van der Waals surface area contributed by atoms with Gasteiger partial charge in [0.2, 0.25) is 5.91 Å². The lowest BCUT2D eigenvalue weighted by Gasteiger charge is -2.28. The molecule has 0 saturated heterocycles. The zero-order chi connectivity index (χ0) is 20.1. The number of primary amides is 1. The van der Waals surface area contributed by atoms with E-state index in [9.17, 15) is 9.59 Å². The fraction of sp³-hybridized carbons (Fsp3) is 0.273. The third kappa shape index (κ3) is 3.60. The first kappa shape index (κ1) is 19.9. The SMILES string of the molecule is CCCCC(C(N)=O)(c1ccccc1)c1nnc(-c2ccc(C=O)cc2C)s1. The third-order valence-electron chi connectivity index (χ3n) is 5.00. The number of rotatable bonds is 8. The minimum absolute atomic E-state index is 0.414. The van der Waals surface area contributed by atoms with E-state index in [1.165, 1.54) is 11.3 Å². The van der Waals surface area contributed by atoms with Crippen molar-refractivity contribution >= 4 is 23.5 Å². The Kier molecular flexibility index (Phi) is 5.99. The molecule has 1 heterocycles. The Morgan fingerprint density at radius 2 is 1.93 bits per heavy atom. The molecule has 0 aliphatic heterocycles. The Morgan fingerprint density at radius 1 is 1.18 bits per heavy atom. The van der Waals surface area contributed by atoms with Crippen molar-refractivity contribution in [2.75, 3.05) is 0 Å². The van der Waals surface area contributed by atoms with E-state index < -0.39 is 11.3 Å². The summed E-state index contributed by atoms with van der Waals surface area (Å²) in [4.78, 5) is 23.7. The van der Waals surface area contributed by atoms with Gasteiger partial charge in [0, 0.05) is 11.1 Å². The first-order chi connectivity index (χ1) is 13.5. The molecule has 0 saturated carbocycles. The Bertz CT molecular complexity index is 984. The standard InChI is InChI=1S/C22H23N3O2S/c1-3-4-12-22(20(23)27,17-8-6-5-7-9-17)21-25-24-19(28-21)18-11-10-16(14-26)13-15(18)2/h5-11,13-14H,3-4,12H2,1-2H3,(H2,23,27). The number of aldehydes is 1. The summed E-state index contributed by atoms with van der Waals surface area (Å²) in [7, 11) is 0. The Labute approximate surface area is 168 Å². The van der Waals surface area contributed by atoms with Gasteiger partial charge in [-0.05, 0) is 30.5 Å². The summed E-state index contributed by atoms with van der Waals surface area (Å²) in [6.45, 7) is 4.01. The number of unbranched alkanes of at least 4 members (excludes halogenated alkanes) is 1. The number of hydrogen-bond acceptors (Lipinski definition) is 5. The van der Waals surface area contributed by atoms with E-state index in [2.05, 4.69) is 17.1 Å². The van der Waals surface area contributed by atoms with Crippen LogP contribution in [0.3, 0.4) is 0 Å². The topological polar surface area (TPSA) is 85.9 Å². The van der Waals surface area contributed by atoms with Crippen LogP contribution in [-0.4, -0.2) is 22.4 Å². The number of nitrogens with two attached hydrogens (primary N) is 1. The fourth-order valence-electron chi connectivity index (χ4n) is 3.41. The molecule has 1 unspecified atom stereocenters. The highest BCUT2D eigenvalue weighted by Crippen LogP contribution is 2.40. The van der Waals surface area contributed by atoms with E-state index >= 15 is 0 Å². The van der Waals surface area contributed by atoms with E-state index in [4.69, 9.17) is 5.73 Å². The van der Waals surface area contributed by atoms with Gasteiger partial charge in [-0.25, -0.2) is 0 Å². The molecular weight excluding hydrogens is 370 g/mol. The summed E-state index contributed by atoms with van der Waals surface area (Å²) < 4.78 is 0. The number of carbonyl (C=O) groups excluding carboxylic acids is 2. The van der Waals surface area contributed by atoms with E-state index in [1.54, 1.807) is 6.07 Å². The fourth-order valence-corrected chi connectivity index (χ4v) is 4.60. The third-order valence-corrected chi connectivity index (χ3v) is 6.12. The highest BCUT2D eigenvalue weighted by molar-refractivity contribution is 7.15. The molecule has 2 N–H and O–H groups in total. The van der Waals surface area contributed by atoms with Gasteiger partial charge in [-0.15, -0.1) is 10.2 Å². The van der Waals surface area contributed by atoms with Crippen LogP contribution in [0.1, 0.15) is 52.7 Å². The van der Waals surface area contributed by atoms with Crippen LogP contribution in [0.2, 0.25) is 0 Å². The minimum atomic E-state index is -0.996. The molecule has 1 aromatic heterocycles. The second-order valence-corrected chi connectivity index (χ2v) is 7.82. The minimum Gasteiger partial charge on any atom is -0.369 e. The molecule has 28 heavy (non-hydrogen) atoms.